The normalized spacial score (nSPS) is 15.0. The van der Waals surface area contributed by atoms with Gasteiger partial charge in [-0.1, -0.05) is 28.9 Å². The highest BCUT2D eigenvalue weighted by Gasteiger charge is 2.22. The van der Waals surface area contributed by atoms with Gasteiger partial charge < -0.3 is 9.64 Å². The van der Waals surface area contributed by atoms with E-state index in [1.807, 2.05) is 47.4 Å². The van der Waals surface area contributed by atoms with Gasteiger partial charge in [-0.25, -0.2) is 4.98 Å². The Kier molecular flexibility index (Phi) is 6.65. The van der Waals surface area contributed by atoms with Gasteiger partial charge in [0.05, 0.1) is 17.8 Å². The minimum Gasteiger partial charge on any atom is -0.492 e. The number of ether oxygens (including phenoxy) is 1. The van der Waals surface area contributed by atoms with Gasteiger partial charge in [0, 0.05) is 41.6 Å². The first-order chi connectivity index (χ1) is 14.6. The number of carbonyl (C=O) groups excluding carboxylic acids is 1. The van der Waals surface area contributed by atoms with Crippen molar-refractivity contribution in [3.63, 3.8) is 0 Å². The highest BCUT2D eigenvalue weighted by atomic mass is 79.9. The molecule has 0 N–H and O–H groups in total. The van der Waals surface area contributed by atoms with Gasteiger partial charge in [0.2, 0.25) is 5.91 Å². The van der Waals surface area contributed by atoms with Crippen molar-refractivity contribution in [3.05, 3.63) is 59.1 Å². The van der Waals surface area contributed by atoms with E-state index in [-0.39, 0.29) is 5.91 Å². The maximum Gasteiger partial charge on any atom is 0.236 e. The predicted molar refractivity (Wildman–Crippen MR) is 124 cm³/mol. The summed E-state index contributed by atoms with van der Waals surface area (Å²) in [7, 11) is 0. The maximum absolute atomic E-state index is 12.1. The van der Waals surface area contributed by atoms with Crippen LogP contribution in [0.3, 0.4) is 0 Å². The maximum atomic E-state index is 12.1. The molecule has 1 amide bonds. The topological polar surface area (TPSA) is 45.7 Å². The third-order valence-electron chi connectivity index (χ3n) is 5.37. The number of carbonyl (C=O) groups is 1. The number of piperazine rings is 1. The molecular weight excluding hydrogens is 442 g/mol. The Balaban J connectivity index is 1.31. The molecule has 0 radical (unpaired) electrons. The fourth-order valence-electron chi connectivity index (χ4n) is 3.73. The molecule has 1 aliphatic heterocycles. The summed E-state index contributed by atoms with van der Waals surface area (Å²) in [5, 5.41) is 1.11. The molecule has 1 aliphatic rings. The molecule has 0 aliphatic carbocycles. The van der Waals surface area contributed by atoms with E-state index in [2.05, 4.69) is 39.9 Å². The number of pyridine rings is 1. The van der Waals surface area contributed by atoms with Crippen LogP contribution < -0.4 is 4.74 Å². The van der Waals surface area contributed by atoms with Crippen LogP contribution >= 0.6 is 15.9 Å². The molecular formula is C24H26BrN3O2. The van der Waals surface area contributed by atoms with E-state index in [0.717, 1.165) is 65.0 Å². The minimum atomic E-state index is 0.225. The van der Waals surface area contributed by atoms with Gasteiger partial charge >= 0.3 is 0 Å². The zero-order valence-corrected chi connectivity index (χ0v) is 18.8. The lowest BCUT2D eigenvalue weighted by Gasteiger charge is -2.34. The SMILES string of the molecule is CCCN1CCN(CCOc2ccc(-c3ccc4cc(Br)ccc4n3)cc2)CC1=O. The molecule has 1 aromatic heterocycles. The van der Waals surface area contributed by atoms with Crippen molar-refractivity contribution in [3.8, 4) is 17.0 Å². The first-order valence-corrected chi connectivity index (χ1v) is 11.2. The predicted octanol–water partition coefficient (Wildman–Crippen LogP) is 4.60. The summed E-state index contributed by atoms with van der Waals surface area (Å²) >= 11 is 3.50. The van der Waals surface area contributed by atoms with E-state index in [1.165, 1.54) is 0 Å². The number of hydrogen-bond acceptors (Lipinski definition) is 4. The third-order valence-corrected chi connectivity index (χ3v) is 5.86. The zero-order chi connectivity index (χ0) is 20.9. The van der Waals surface area contributed by atoms with Crippen molar-refractivity contribution in [2.45, 2.75) is 13.3 Å². The number of benzene rings is 2. The monoisotopic (exact) mass is 467 g/mol. The summed E-state index contributed by atoms with van der Waals surface area (Å²) in [5.74, 6) is 1.06. The van der Waals surface area contributed by atoms with Gasteiger partial charge in [-0.05, 0) is 55.0 Å². The van der Waals surface area contributed by atoms with Gasteiger partial charge in [0.25, 0.3) is 0 Å². The van der Waals surface area contributed by atoms with Gasteiger partial charge in [-0.15, -0.1) is 0 Å². The highest BCUT2D eigenvalue weighted by molar-refractivity contribution is 9.10. The van der Waals surface area contributed by atoms with Crippen molar-refractivity contribution in [1.82, 2.24) is 14.8 Å². The van der Waals surface area contributed by atoms with Gasteiger partial charge in [-0.2, -0.15) is 0 Å². The number of halogens is 1. The Morgan fingerprint density at radius 2 is 1.87 bits per heavy atom. The van der Waals surface area contributed by atoms with Crippen molar-refractivity contribution < 1.29 is 9.53 Å². The molecule has 156 valence electrons. The molecule has 5 nitrogen and oxygen atoms in total. The van der Waals surface area contributed by atoms with Gasteiger partial charge in [-0.3, -0.25) is 9.69 Å². The average Bonchev–Trinajstić information content (AvgIpc) is 2.76. The van der Waals surface area contributed by atoms with Crippen molar-refractivity contribution in [2.24, 2.45) is 0 Å². The second-order valence-corrected chi connectivity index (χ2v) is 8.48. The molecule has 2 aromatic carbocycles. The van der Waals surface area contributed by atoms with Crippen molar-refractivity contribution in [1.29, 1.82) is 0 Å². The summed E-state index contributed by atoms with van der Waals surface area (Å²) < 4.78 is 6.95. The van der Waals surface area contributed by atoms with Crippen molar-refractivity contribution >= 4 is 32.7 Å². The number of fused-ring (bicyclic) bond motifs is 1. The van der Waals surface area contributed by atoms with E-state index >= 15 is 0 Å². The Morgan fingerprint density at radius 1 is 1.03 bits per heavy atom. The summed E-state index contributed by atoms with van der Waals surface area (Å²) in [5.41, 5.74) is 2.98. The smallest absolute Gasteiger partial charge is 0.236 e. The lowest BCUT2D eigenvalue weighted by atomic mass is 10.1. The molecule has 30 heavy (non-hydrogen) atoms. The fourth-order valence-corrected chi connectivity index (χ4v) is 4.10. The average molecular weight is 468 g/mol. The first kappa shape index (κ1) is 20.8. The standard InChI is InChI=1S/C24H26BrN3O2/c1-2-11-28-13-12-27(17-24(28)29)14-15-30-21-7-3-18(4-8-21)22-9-5-19-16-20(25)6-10-23(19)26-22/h3-10,16H,2,11-15,17H2,1H3. The van der Waals surface area contributed by atoms with Gasteiger partial charge in [0.1, 0.15) is 12.4 Å². The molecule has 6 heteroatoms. The van der Waals surface area contributed by atoms with Crippen LogP contribution in [0.5, 0.6) is 5.75 Å². The quantitative estimate of drug-likeness (QED) is 0.509. The number of hydrogen-bond donors (Lipinski definition) is 0. The van der Waals surface area contributed by atoms with E-state index in [9.17, 15) is 4.79 Å². The van der Waals surface area contributed by atoms with Gasteiger partial charge in [0.15, 0.2) is 0 Å². The Hall–Kier alpha value is -2.44. The van der Waals surface area contributed by atoms with Crippen LogP contribution in [0.4, 0.5) is 0 Å². The summed E-state index contributed by atoms with van der Waals surface area (Å²) in [6.07, 6.45) is 1.01. The van der Waals surface area contributed by atoms with Crippen molar-refractivity contribution in [2.75, 3.05) is 39.3 Å². The molecule has 1 fully saturated rings. The second kappa shape index (κ2) is 9.58. The lowest BCUT2D eigenvalue weighted by molar-refractivity contribution is -0.136. The van der Waals surface area contributed by atoms with Crippen LogP contribution in [0.1, 0.15) is 13.3 Å². The van der Waals surface area contributed by atoms with E-state index < -0.39 is 0 Å². The molecule has 0 saturated carbocycles. The molecule has 0 atom stereocenters. The number of nitrogens with zero attached hydrogens (tertiary/aromatic N) is 3. The van der Waals surface area contributed by atoms with Crippen LogP contribution in [0.25, 0.3) is 22.2 Å². The first-order valence-electron chi connectivity index (χ1n) is 10.4. The number of rotatable bonds is 7. The van der Waals surface area contributed by atoms with Crippen LogP contribution in [-0.2, 0) is 4.79 Å². The van der Waals surface area contributed by atoms with Crippen LogP contribution in [-0.4, -0.2) is 60.0 Å². The summed E-state index contributed by atoms with van der Waals surface area (Å²) in [6.45, 7) is 6.52. The summed E-state index contributed by atoms with van der Waals surface area (Å²) in [6, 6.07) is 18.3. The Labute approximate surface area is 185 Å². The van der Waals surface area contributed by atoms with Crippen LogP contribution in [0, 0.1) is 0 Å². The minimum absolute atomic E-state index is 0.225. The third kappa shape index (κ3) is 4.99. The van der Waals surface area contributed by atoms with E-state index in [1.54, 1.807) is 0 Å². The lowest BCUT2D eigenvalue weighted by Crippen LogP contribution is -2.51. The Morgan fingerprint density at radius 3 is 2.63 bits per heavy atom. The van der Waals surface area contributed by atoms with E-state index in [0.29, 0.717) is 13.2 Å². The molecule has 0 spiro atoms. The molecule has 0 unspecified atom stereocenters. The molecule has 3 aromatic rings. The number of aromatic nitrogens is 1. The zero-order valence-electron chi connectivity index (χ0n) is 17.2. The second-order valence-electron chi connectivity index (χ2n) is 7.56. The molecule has 2 heterocycles. The summed E-state index contributed by atoms with van der Waals surface area (Å²) in [4.78, 5) is 21.0. The highest BCUT2D eigenvalue weighted by Crippen LogP contribution is 2.25. The molecule has 1 saturated heterocycles. The van der Waals surface area contributed by atoms with Crippen LogP contribution in [0.2, 0.25) is 0 Å². The molecule has 4 rings (SSSR count). The number of amides is 1. The fraction of sp³-hybridized carbons (Fsp3) is 0.333. The van der Waals surface area contributed by atoms with Crippen LogP contribution in [0.15, 0.2) is 59.1 Å². The largest absolute Gasteiger partial charge is 0.492 e. The Bertz CT molecular complexity index is 1020. The van der Waals surface area contributed by atoms with E-state index in [4.69, 9.17) is 9.72 Å². The molecule has 0 bridgehead atoms.